The van der Waals surface area contributed by atoms with Gasteiger partial charge in [0.05, 0.1) is 0 Å². The Morgan fingerprint density at radius 2 is 1.86 bits per heavy atom. The number of hydrogen-bond acceptors (Lipinski definition) is 3. The lowest BCUT2D eigenvalue weighted by Gasteiger charge is -2.14. The van der Waals surface area contributed by atoms with Crippen LogP contribution in [-0.4, -0.2) is 16.9 Å². The maximum Gasteiger partial charge on any atom is 0.257 e. The first-order chi connectivity index (χ1) is 10.4. The number of primary amides is 1. The van der Waals surface area contributed by atoms with Crippen LogP contribution in [0, 0.1) is 12.7 Å². The molecule has 0 fully saturated rings. The van der Waals surface area contributed by atoms with Gasteiger partial charge in [-0.1, -0.05) is 30.3 Å². The van der Waals surface area contributed by atoms with Crippen molar-refractivity contribution in [2.45, 2.75) is 13.0 Å². The predicted molar refractivity (Wildman–Crippen MR) is 79.7 cm³/mol. The maximum atomic E-state index is 13.8. The molecule has 0 aromatic heterocycles. The van der Waals surface area contributed by atoms with Crippen molar-refractivity contribution in [3.05, 3.63) is 65.0 Å². The summed E-state index contributed by atoms with van der Waals surface area (Å²) in [4.78, 5) is 23.2. The Bertz CT molecular complexity index is 717. The molecule has 0 saturated heterocycles. The van der Waals surface area contributed by atoms with Crippen molar-refractivity contribution in [2.24, 2.45) is 5.73 Å². The van der Waals surface area contributed by atoms with Crippen molar-refractivity contribution in [1.29, 1.82) is 0 Å². The molecule has 0 heterocycles. The molecule has 114 valence electrons. The zero-order valence-corrected chi connectivity index (χ0v) is 11.8. The van der Waals surface area contributed by atoms with Crippen LogP contribution in [-0.2, 0) is 4.79 Å². The van der Waals surface area contributed by atoms with Crippen LogP contribution >= 0.6 is 0 Å². The van der Waals surface area contributed by atoms with Crippen LogP contribution < -0.4 is 11.1 Å². The fourth-order valence-corrected chi connectivity index (χ4v) is 1.94. The first-order valence-corrected chi connectivity index (χ1v) is 6.54. The summed E-state index contributed by atoms with van der Waals surface area (Å²) >= 11 is 0. The van der Waals surface area contributed by atoms with Gasteiger partial charge in [-0.2, -0.15) is 0 Å². The standard InChI is InChI=1S/C16H15FN2O3/c1-9-12(17)7-11(15(18)21)8-13(9)19-16(22)14(20)10-5-3-2-4-6-10/h2-8,14,20H,1H3,(H2,18,21)(H,19,22). The number of aliphatic hydroxyl groups excluding tert-OH is 1. The average Bonchev–Trinajstić information content (AvgIpc) is 2.51. The van der Waals surface area contributed by atoms with Crippen LogP contribution in [0.1, 0.15) is 27.6 Å². The SMILES string of the molecule is Cc1c(F)cc(C(N)=O)cc1NC(=O)C(O)c1ccccc1. The first kappa shape index (κ1) is 15.7. The molecule has 1 atom stereocenters. The number of anilines is 1. The molecule has 0 saturated carbocycles. The largest absolute Gasteiger partial charge is 0.378 e. The number of hydrogen-bond donors (Lipinski definition) is 3. The molecule has 5 nitrogen and oxygen atoms in total. The third-order valence-corrected chi connectivity index (χ3v) is 3.25. The summed E-state index contributed by atoms with van der Waals surface area (Å²) in [6.45, 7) is 1.45. The summed E-state index contributed by atoms with van der Waals surface area (Å²) in [5.41, 5.74) is 5.70. The van der Waals surface area contributed by atoms with E-state index in [-0.39, 0.29) is 16.8 Å². The van der Waals surface area contributed by atoms with Gasteiger partial charge in [-0.05, 0) is 24.6 Å². The first-order valence-electron chi connectivity index (χ1n) is 6.54. The second kappa shape index (κ2) is 6.36. The van der Waals surface area contributed by atoms with E-state index in [1.54, 1.807) is 30.3 Å². The van der Waals surface area contributed by atoms with Gasteiger partial charge >= 0.3 is 0 Å². The topological polar surface area (TPSA) is 92.4 Å². The van der Waals surface area contributed by atoms with Crippen molar-refractivity contribution in [1.82, 2.24) is 0 Å². The van der Waals surface area contributed by atoms with Gasteiger partial charge in [0.15, 0.2) is 6.10 Å². The molecule has 2 aromatic carbocycles. The third-order valence-electron chi connectivity index (χ3n) is 3.25. The minimum absolute atomic E-state index is 0.0624. The molecule has 4 N–H and O–H groups in total. The van der Waals surface area contributed by atoms with Crippen molar-refractivity contribution >= 4 is 17.5 Å². The Hall–Kier alpha value is -2.73. The van der Waals surface area contributed by atoms with Crippen LogP contribution in [0.5, 0.6) is 0 Å². The second-order valence-corrected chi connectivity index (χ2v) is 4.80. The quantitative estimate of drug-likeness (QED) is 0.805. The third kappa shape index (κ3) is 3.29. The Morgan fingerprint density at radius 3 is 2.45 bits per heavy atom. The van der Waals surface area contributed by atoms with Gasteiger partial charge in [0.25, 0.3) is 5.91 Å². The van der Waals surface area contributed by atoms with Gasteiger partial charge in [0.2, 0.25) is 5.91 Å². The van der Waals surface area contributed by atoms with Gasteiger partial charge in [0, 0.05) is 16.8 Å². The maximum absolute atomic E-state index is 13.8. The van der Waals surface area contributed by atoms with E-state index in [1.807, 2.05) is 0 Å². The highest BCUT2D eigenvalue weighted by Gasteiger charge is 2.19. The molecule has 0 spiro atoms. The Kier molecular flexibility index (Phi) is 4.53. The van der Waals surface area contributed by atoms with E-state index in [1.165, 1.54) is 13.0 Å². The molecule has 0 aliphatic heterocycles. The lowest BCUT2D eigenvalue weighted by Crippen LogP contribution is -2.22. The summed E-state index contributed by atoms with van der Waals surface area (Å²) in [6.07, 6.45) is -1.40. The number of carbonyl (C=O) groups excluding carboxylic acids is 2. The minimum Gasteiger partial charge on any atom is -0.378 e. The Morgan fingerprint density at radius 1 is 1.23 bits per heavy atom. The normalized spacial score (nSPS) is 11.8. The molecular weight excluding hydrogens is 287 g/mol. The van der Waals surface area contributed by atoms with E-state index >= 15 is 0 Å². The molecule has 0 radical (unpaired) electrons. The average molecular weight is 302 g/mol. The van der Waals surface area contributed by atoms with E-state index in [0.29, 0.717) is 5.56 Å². The fourth-order valence-electron chi connectivity index (χ4n) is 1.94. The number of halogens is 1. The summed E-state index contributed by atoms with van der Waals surface area (Å²) in [6, 6.07) is 10.6. The smallest absolute Gasteiger partial charge is 0.257 e. The lowest BCUT2D eigenvalue weighted by molar-refractivity contribution is -0.124. The zero-order chi connectivity index (χ0) is 16.3. The van der Waals surface area contributed by atoms with Crippen LogP contribution in [0.4, 0.5) is 10.1 Å². The predicted octanol–water partition coefficient (Wildman–Crippen LogP) is 1.91. The van der Waals surface area contributed by atoms with Gasteiger partial charge in [-0.3, -0.25) is 9.59 Å². The zero-order valence-electron chi connectivity index (χ0n) is 11.8. The number of nitrogens with two attached hydrogens (primary N) is 1. The molecule has 0 aliphatic rings. The number of benzene rings is 2. The van der Waals surface area contributed by atoms with E-state index in [4.69, 9.17) is 5.73 Å². The molecule has 22 heavy (non-hydrogen) atoms. The van der Waals surface area contributed by atoms with E-state index < -0.39 is 23.7 Å². The fraction of sp³-hybridized carbons (Fsp3) is 0.125. The number of amides is 2. The number of nitrogens with one attached hydrogen (secondary N) is 1. The van der Waals surface area contributed by atoms with E-state index in [2.05, 4.69) is 5.32 Å². The molecule has 1 unspecified atom stereocenters. The highest BCUT2D eigenvalue weighted by Crippen LogP contribution is 2.22. The molecule has 0 aliphatic carbocycles. The Balaban J connectivity index is 2.27. The molecule has 2 rings (SSSR count). The van der Waals surface area contributed by atoms with Gasteiger partial charge in [0.1, 0.15) is 5.82 Å². The van der Waals surface area contributed by atoms with Gasteiger partial charge in [-0.15, -0.1) is 0 Å². The molecular formula is C16H15FN2O3. The van der Waals surface area contributed by atoms with Gasteiger partial charge < -0.3 is 16.2 Å². The highest BCUT2D eigenvalue weighted by molar-refractivity contribution is 5.98. The van der Waals surface area contributed by atoms with E-state index in [9.17, 15) is 19.1 Å². The Labute approximate surface area is 126 Å². The van der Waals surface area contributed by atoms with Gasteiger partial charge in [-0.25, -0.2) is 4.39 Å². The van der Waals surface area contributed by atoms with Crippen molar-refractivity contribution in [2.75, 3.05) is 5.32 Å². The number of carbonyl (C=O) groups is 2. The summed E-state index contributed by atoms with van der Waals surface area (Å²) in [5.74, 6) is -2.20. The lowest BCUT2D eigenvalue weighted by atomic mass is 10.1. The number of aliphatic hydroxyl groups is 1. The van der Waals surface area contributed by atoms with Crippen LogP contribution in [0.3, 0.4) is 0 Å². The molecule has 6 heteroatoms. The van der Waals surface area contributed by atoms with Crippen molar-refractivity contribution in [3.8, 4) is 0 Å². The summed E-state index contributed by atoms with van der Waals surface area (Å²) < 4.78 is 13.8. The van der Waals surface area contributed by atoms with Crippen molar-refractivity contribution < 1.29 is 19.1 Å². The van der Waals surface area contributed by atoms with Crippen LogP contribution in [0.25, 0.3) is 0 Å². The summed E-state index contributed by atoms with van der Waals surface area (Å²) in [7, 11) is 0. The minimum atomic E-state index is -1.40. The molecule has 2 aromatic rings. The monoisotopic (exact) mass is 302 g/mol. The van der Waals surface area contributed by atoms with Crippen LogP contribution in [0.2, 0.25) is 0 Å². The molecule has 2 amide bonds. The number of rotatable bonds is 4. The second-order valence-electron chi connectivity index (χ2n) is 4.80. The highest BCUT2D eigenvalue weighted by atomic mass is 19.1. The summed E-state index contributed by atoms with van der Waals surface area (Å²) in [5, 5.41) is 12.4. The van der Waals surface area contributed by atoms with E-state index in [0.717, 1.165) is 6.07 Å². The molecule has 0 bridgehead atoms. The van der Waals surface area contributed by atoms with Crippen LogP contribution in [0.15, 0.2) is 42.5 Å². The van der Waals surface area contributed by atoms with Crippen molar-refractivity contribution in [3.63, 3.8) is 0 Å².